The Morgan fingerprint density at radius 3 is 2.86 bits per heavy atom. The molecule has 0 aliphatic heterocycles. The van der Waals surface area contributed by atoms with Gasteiger partial charge in [-0.1, -0.05) is 15.9 Å². The molecule has 5 heteroatoms. The number of anilines is 1. The molecule has 0 spiro atoms. The van der Waals surface area contributed by atoms with Crippen LogP contribution in [0.3, 0.4) is 0 Å². The van der Waals surface area contributed by atoms with E-state index in [1.807, 2.05) is 18.4 Å². The molecule has 2 nitrogen and oxygen atoms in total. The summed E-state index contributed by atoms with van der Waals surface area (Å²) in [4.78, 5) is 0.738. The van der Waals surface area contributed by atoms with Gasteiger partial charge < -0.3 is 5.73 Å². The monoisotopic (exact) mass is 293 g/mol. The summed E-state index contributed by atoms with van der Waals surface area (Å²) in [6.07, 6.45) is 2.00. The normalized spacial score (nSPS) is 12.7. The molecule has 0 radical (unpaired) electrons. The first kappa shape index (κ1) is 12.1. The number of halogens is 1. The molecule has 0 aliphatic carbocycles. The molecule has 0 aliphatic rings. The van der Waals surface area contributed by atoms with Gasteiger partial charge in [0.1, 0.15) is 0 Å². The Morgan fingerprint density at radius 1 is 1.57 bits per heavy atom. The summed E-state index contributed by atoms with van der Waals surface area (Å²) in [6, 6.07) is 5.46. The Kier molecular flexibility index (Phi) is 4.98. The number of rotatable bonds is 4. The lowest BCUT2D eigenvalue weighted by atomic mass is 10.3. The van der Waals surface area contributed by atoms with Crippen LogP contribution in [-0.4, -0.2) is 22.0 Å². The van der Waals surface area contributed by atoms with Crippen molar-refractivity contribution in [1.29, 1.82) is 0 Å². The number of hydrogen-bond acceptors (Lipinski definition) is 3. The fourth-order valence-electron chi connectivity index (χ4n) is 0.996. The Balaban J connectivity index is 2.80. The molecule has 78 valence electrons. The molecular formula is C9H12BrNOS2. The van der Waals surface area contributed by atoms with Gasteiger partial charge in [-0.25, -0.2) is 0 Å². The molecule has 0 aromatic heterocycles. The Bertz CT molecular complexity index is 344. The first-order valence-electron chi connectivity index (χ1n) is 4.07. The van der Waals surface area contributed by atoms with Crippen molar-refractivity contribution in [2.45, 2.75) is 4.90 Å². The minimum absolute atomic E-state index is 0.596. The molecule has 0 bridgehead atoms. The predicted octanol–water partition coefficient (Wildman–Crippen LogP) is 2.50. The lowest BCUT2D eigenvalue weighted by molar-refractivity contribution is 0.684. The summed E-state index contributed by atoms with van der Waals surface area (Å²) in [6.45, 7) is 0. The third-order valence-electron chi connectivity index (χ3n) is 1.69. The number of nitrogen functional groups attached to an aromatic ring is 1. The van der Waals surface area contributed by atoms with Gasteiger partial charge in [0.05, 0.1) is 15.7 Å². The minimum atomic E-state index is -0.970. The van der Waals surface area contributed by atoms with Gasteiger partial charge in [-0.15, -0.1) is 0 Å². The van der Waals surface area contributed by atoms with E-state index in [9.17, 15) is 4.21 Å². The highest BCUT2D eigenvalue weighted by molar-refractivity contribution is 9.10. The van der Waals surface area contributed by atoms with Crippen LogP contribution in [0.5, 0.6) is 0 Å². The maximum Gasteiger partial charge on any atom is 0.0618 e. The lowest BCUT2D eigenvalue weighted by Crippen LogP contribution is -2.03. The zero-order valence-electron chi connectivity index (χ0n) is 7.83. The van der Waals surface area contributed by atoms with Gasteiger partial charge in [0.25, 0.3) is 0 Å². The van der Waals surface area contributed by atoms with Gasteiger partial charge in [0, 0.05) is 21.7 Å². The van der Waals surface area contributed by atoms with Crippen molar-refractivity contribution >= 4 is 44.2 Å². The summed E-state index contributed by atoms with van der Waals surface area (Å²) in [5.74, 6) is 1.55. The van der Waals surface area contributed by atoms with E-state index in [1.165, 1.54) is 0 Å². The molecule has 14 heavy (non-hydrogen) atoms. The predicted molar refractivity (Wildman–Crippen MR) is 68.2 cm³/mol. The average molecular weight is 294 g/mol. The van der Waals surface area contributed by atoms with Crippen LogP contribution in [0, 0.1) is 0 Å². The second-order valence-corrected chi connectivity index (χ2v) is 6.16. The molecule has 0 fully saturated rings. The Morgan fingerprint density at radius 2 is 2.29 bits per heavy atom. The highest BCUT2D eigenvalue weighted by Gasteiger charge is 2.07. The maximum atomic E-state index is 11.7. The first-order valence-corrected chi connectivity index (χ1v) is 7.58. The van der Waals surface area contributed by atoms with E-state index in [1.54, 1.807) is 17.8 Å². The SMILES string of the molecule is CSCCS(=O)c1ccc(Br)cc1N. The second kappa shape index (κ2) is 5.78. The van der Waals surface area contributed by atoms with Gasteiger partial charge in [0.2, 0.25) is 0 Å². The molecular weight excluding hydrogens is 282 g/mol. The zero-order valence-corrected chi connectivity index (χ0v) is 11.0. The summed E-state index contributed by atoms with van der Waals surface area (Å²) in [5, 5.41) is 0. The third kappa shape index (κ3) is 3.29. The number of hydrogen-bond donors (Lipinski definition) is 1. The standard InChI is InChI=1S/C9H12BrNOS2/c1-13-4-5-14(12)9-3-2-7(10)6-8(9)11/h2-3,6H,4-5,11H2,1H3. The first-order chi connectivity index (χ1) is 6.65. The van der Waals surface area contributed by atoms with Gasteiger partial charge in [-0.05, 0) is 24.5 Å². The molecule has 1 aromatic rings. The van der Waals surface area contributed by atoms with Crippen LogP contribution in [0.25, 0.3) is 0 Å². The highest BCUT2D eigenvalue weighted by atomic mass is 79.9. The quantitative estimate of drug-likeness (QED) is 0.868. The number of benzene rings is 1. The second-order valence-electron chi connectivity index (χ2n) is 2.72. The van der Waals surface area contributed by atoms with Crippen molar-refractivity contribution in [3.63, 3.8) is 0 Å². The van der Waals surface area contributed by atoms with Crippen LogP contribution in [0.4, 0.5) is 5.69 Å². The van der Waals surface area contributed by atoms with Crippen molar-refractivity contribution in [3.05, 3.63) is 22.7 Å². The summed E-state index contributed by atoms with van der Waals surface area (Å²) in [5.41, 5.74) is 6.36. The van der Waals surface area contributed by atoms with Crippen molar-refractivity contribution in [2.75, 3.05) is 23.5 Å². The van der Waals surface area contributed by atoms with Crippen LogP contribution in [0.2, 0.25) is 0 Å². The van der Waals surface area contributed by atoms with Crippen LogP contribution in [-0.2, 0) is 10.8 Å². The van der Waals surface area contributed by atoms with Gasteiger partial charge in [-0.3, -0.25) is 4.21 Å². The van der Waals surface area contributed by atoms with Crippen LogP contribution < -0.4 is 5.73 Å². The zero-order chi connectivity index (χ0) is 10.6. The fraction of sp³-hybridized carbons (Fsp3) is 0.333. The smallest absolute Gasteiger partial charge is 0.0618 e. The topological polar surface area (TPSA) is 43.1 Å². The van der Waals surface area contributed by atoms with Crippen LogP contribution in [0.15, 0.2) is 27.6 Å². The molecule has 1 rings (SSSR count). The number of thioether (sulfide) groups is 1. The molecule has 1 atom stereocenters. The van der Waals surface area contributed by atoms with Gasteiger partial charge in [0.15, 0.2) is 0 Å². The molecule has 0 saturated carbocycles. The van der Waals surface area contributed by atoms with Crippen LogP contribution >= 0.6 is 27.7 Å². The van der Waals surface area contributed by atoms with E-state index in [-0.39, 0.29) is 0 Å². The van der Waals surface area contributed by atoms with E-state index in [0.717, 1.165) is 15.1 Å². The molecule has 1 unspecified atom stereocenters. The highest BCUT2D eigenvalue weighted by Crippen LogP contribution is 2.21. The minimum Gasteiger partial charge on any atom is -0.398 e. The van der Waals surface area contributed by atoms with Gasteiger partial charge in [-0.2, -0.15) is 11.8 Å². The van der Waals surface area contributed by atoms with Crippen LogP contribution in [0.1, 0.15) is 0 Å². The summed E-state index contributed by atoms with van der Waals surface area (Å²) < 4.78 is 12.7. The maximum absolute atomic E-state index is 11.7. The molecule has 0 amide bonds. The van der Waals surface area contributed by atoms with Gasteiger partial charge >= 0.3 is 0 Å². The summed E-state index contributed by atoms with van der Waals surface area (Å²) >= 11 is 5.01. The molecule has 0 heterocycles. The Labute approximate surface area is 99.2 Å². The van der Waals surface area contributed by atoms with Crippen molar-refractivity contribution in [2.24, 2.45) is 0 Å². The Hall–Kier alpha value is -0.000000000000000111. The van der Waals surface area contributed by atoms with E-state index in [2.05, 4.69) is 15.9 Å². The van der Waals surface area contributed by atoms with E-state index in [0.29, 0.717) is 11.4 Å². The molecule has 2 N–H and O–H groups in total. The number of nitrogens with two attached hydrogens (primary N) is 1. The molecule has 1 aromatic carbocycles. The fourth-order valence-corrected chi connectivity index (χ4v) is 3.41. The largest absolute Gasteiger partial charge is 0.398 e. The van der Waals surface area contributed by atoms with E-state index < -0.39 is 10.8 Å². The summed E-state index contributed by atoms with van der Waals surface area (Å²) in [7, 11) is -0.970. The third-order valence-corrected chi connectivity index (χ3v) is 4.49. The van der Waals surface area contributed by atoms with E-state index >= 15 is 0 Å². The van der Waals surface area contributed by atoms with E-state index in [4.69, 9.17) is 5.73 Å². The van der Waals surface area contributed by atoms with Crippen molar-refractivity contribution < 1.29 is 4.21 Å². The van der Waals surface area contributed by atoms with Crippen molar-refractivity contribution in [3.8, 4) is 0 Å². The molecule has 0 saturated heterocycles. The average Bonchev–Trinajstić information content (AvgIpc) is 2.14. The van der Waals surface area contributed by atoms with Crippen molar-refractivity contribution in [1.82, 2.24) is 0 Å². The lowest BCUT2D eigenvalue weighted by Gasteiger charge is -2.05.